The molecule has 0 bridgehead atoms. The first-order chi connectivity index (χ1) is 11.2. The Kier molecular flexibility index (Phi) is 4.65. The van der Waals surface area contributed by atoms with Crippen LogP contribution in [0.25, 0.3) is 10.9 Å². The highest BCUT2D eigenvalue weighted by Crippen LogP contribution is 2.19. The van der Waals surface area contributed by atoms with Crippen molar-refractivity contribution in [1.82, 2.24) is 14.8 Å². The van der Waals surface area contributed by atoms with Crippen LogP contribution in [0.2, 0.25) is 0 Å². The van der Waals surface area contributed by atoms with E-state index in [9.17, 15) is 9.59 Å². The lowest BCUT2D eigenvalue weighted by Crippen LogP contribution is -2.41. The third-order valence-corrected chi connectivity index (χ3v) is 4.50. The van der Waals surface area contributed by atoms with E-state index >= 15 is 0 Å². The average molecular weight is 313 g/mol. The number of nitrogens with one attached hydrogen (secondary N) is 1. The largest absolute Gasteiger partial charge is 0.360 e. The summed E-state index contributed by atoms with van der Waals surface area (Å²) in [5, 5.41) is 0.895. The fourth-order valence-corrected chi connectivity index (χ4v) is 3.15. The van der Waals surface area contributed by atoms with Crippen LogP contribution < -0.4 is 0 Å². The van der Waals surface area contributed by atoms with E-state index in [0.717, 1.165) is 36.8 Å². The Labute approximate surface area is 136 Å². The number of H-pyrrole nitrogens is 1. The van der Waals surface area contributed by atoms with Gasteiger partial charge in [-0.15, -0.1) is 0 Å². The standard InChI is InChI=1S/C18H23N3O2/c1-20(13-17(22)21-10-6-2-3-7-11-21)18(23)15-12-19-16-9-5-4-8-14(15)16/h4-5,8-9,12,19H,2-3,6-7,10-11,13H2,1H3. The van der Waals surface area contributed by atoms with Gasteiger partial charge in [0.15, 0.2) is 0 Å². The average Bonchev–Trinajstić information content (AvgIpc) is 2.79. The molecule has 2 aromatic rings. The quantitative estimate of drug-likeness (QED) is 0.947. The molecule has 1 aromatic heterocycles. The van der Waals surface area contributed by atoms with Crippen molar-refractivity contribution in [2.75, 3.05) is 26.7 Å². The summed E-state index contributed by atoms with van der Waals surface area (Å²) in [6.45, 7) is 1.76. The summed E-state index contributed by atoms with van der Waals surface area (Å²) in [5.41, 5.74) is 1.55. The predicted molar refractivity (Wildman–Crippen MR) is 90.3 cm³/mol. The Morgan fingerprint density at radius 3 is 2.57 bits per heavy atom. The van der Waals surface area contributed by atoms with Crippen LogP contribution in [0.5, 0.6) is 0 Å². The number of likely N-dealkylation sites (N-methyl/N-ethyl adjacent to an activating group) is 1. The summed E-state index contributed by atoms with van der Waals surface area (Å²) in [4.78, 5) is 31.6. The van der Waals surface area contributed by atoms with Crippen molar-refractivity contribution in [3.8, 4) is 0 Å². The van der Waals surface area contributed by atoms with Crippen LogP contribution in [0.3, 0.4) is 0 Å². The van der Waals surface area contributed by atoms with Crippen LogP contribution in [-0.4, -0.2) is 53.3 Å². The zero-order valence-corrected chi connectivity index (χ0v) is 13.5. The van der Waals surface area contributed by atoms with E-state index in [4.69, 9.17) is 0 Å². The molecule has 3 rings (SSSR count). The molecule has 122 valence electrons. The van der Waals surface area contributed by atoms with E-state index in [2.05, 4.69) is 4.98 Å². The molecule has 0 atom stereocenters. The summed E-state index contributed by atoms with van der Waals surface area (Å²) in [5.74, 6) is -0.0757. The first-order valence-electron chi connectivity index (χ1n) is 8.26. The van der Waals surface area contributed by atoms with E-state index in [0.29, 0.717) is 5.56 Å². The number of carbonyl (C=O) groups excluding carboxylic acids is 2. The van der Waals surface area contributed by atoms with Crippen LogP contribution in [0, 0.1) is 0 Å². The van der Waals surface area contributed by atoms with Crippen molar-refractivity contribution in [2.45, 2.75) is 25.7 Å². The van der Waals surface area contributed by atoms with Crippen LogP contribution >= 0.6 is 0 Å². The molecule has 1 fully saturated rings. The van der Waals surface area contributed by atoms with E-state index in [-0.39, 0.29) is 18.4 Å². The molecular formula is C18H23N3O2. The van der Waals surface area contributed by atoms with Crippen molar-refractivity contribution >= 4 is 22.7 Å². The predicted octanol–water partition coefficient (Wildman–Crippen LogP) is 2.64. The molecule has 2 heterocycles. The number of hydrogen-bond donors (Lipinski definition) is 1. The monoisotopic (exact) mass is 313 g/mol. The smallest absolute Gasteiger partial charge is 0.256 e. The number of amides is 2. The Morgan fingerprint density at radius 2 is 1.83 bits per heavy atom. The minimum atomic E-state index is -0.120. The molecule has 1 aliphatic rings. The lowest BCUT2D eigenvalue weighted by Gasteiger charge is -2.24. The first-order valence-corrected chi connectivity index (χ1v) is 8.26. The van der Waals surface area contributed by atoms with Crippen LogP contribution in [0.1, 0.15) is 36.0 Å². The molecule has 5 heteroatoms. The number of para-hydroxylation sites is 1. The first kappa shape index (κ1) is 15.6. The highest BCUT2D eigenvalue weighted by molar-refractivity contribution is 6.07. The van der Waals surface area contributed by atoms with Gasteiger partial charge in [0.05, 0.1) is 12.1 Å². The second-order valence-electron chi connectivity index (χ2n) is 6.20. The molecule has 0 saturated carbocycles. The topological polar surface area (TPSA) is 56.4 Å². The van der Waals surface area contributed by atoms with Crippen molar-refractivity contribution in [3.05, 3.63) is 36.0 Å². The Hall–Kier alpha value is -2.30. The number of aromatic nitrogens is 1. The molecule has 2 amide bonds. The van der Waals surface area contributed by atoms with Gasteiger partial charge < -0.3 is 14.8 Å². The molecule has 5 nitrogen and oxygen atoms in total. The van der Waals surface area contributed by atoms with E-state index in [1.165, 1.54) is 17.7 Å². The molecular weight excluding hydrogens is 290 g/mol. The number of benzene rings is 1. The van der Waals surface area contributed by atoms with E-state index < -0.39 is 0 Å². The summed E-state index contributed by atoms with van der Waals surface area (Å²) < 4.78 is 0. The highest BCUT2D eigenvalue weighted by Gasteiger charge is 2.21. The van der Waals surface area contributed by atoms with Gasteiger partial charge in [0, 0.05) is 37.2 Å². The third-order valence-electron chi connectivity index (χ3n) is 4.50. The maximum atomic E-state index is 12.6. The van der Waals surface area contributed by atoms with Gasteiger partial charge in [-0.2, -0.15) is 0 Å². The Morgan fingerprint density at radius 1 is 1.13 bits per heavy atom. The van der Waals surface area contributed by atoms with Crippen molar-refractivity contribution in [2.24, 2.45) is 0 Å². The van der Waals surface area contributed by atoms with Gasteiger partial charge in [0.2, 0.25) is 5.91 Å². The van der Waals surface area contributed by atoms with Gasteiger partial charge >= 0.3 is 0 Å². The van der Waals surface area contributed by atoms with E-state index in [1.54, 1.807) is 13.2 Å². The Bertz CT molecular complexity index is 699. The molecule has 0 unspecified atom stereocenters. The van der Waals surface area contributed by atoms with Gasteiger partial charge in [-0.1, -0.05) is 31.0 Å². The normalized spacial score (nSPS) is 15.4. The number of fused-ring (bicyclic) bond motifs is 1. The number of nitrogens with zero attached hydrogens (tertiary/aromatic N) is 2. The molecule has 0 spiro atoms. The van der Waals surface area contributed by atoms with Gasteiger partial charge in [-0.05, 0) is 18.9 Å². The molecule has 1 N–H and O–H groups in total. The fraction of sp³-hybridized carbons (Fsp3) is 0.444. The minimum Gasteiger partial charge on any atom is -0.360 e. The molecule has 0 radical (unpaired) electrons. The van der Waals surface area contributed by atoms with Crippen LogP contribution in [0.4, 0.5) is 0 Å². The fourth-order valence-electron chi connectivity index (χ4n) is 3.15. The summed E-state index contributed by atoms with van der Waals surface area (Å²) in [7, 11) is 1.69. The number of rotatable bonds is 3. The van der Waals surface area contributed by atoms with Gasteiger partial charge in [0.25, 0.3) is 5.91 Å². The molecule has 0 aliphatic carbocycles. The lowest BCUT2D eigenvalue weighted by atomic mass is 10.1. The Balaban J connectivity index is 1.68. The maximum Gasteiger partial charge on any atom is 0.256 e. The van der Waals surface area contributed by atoms with Crippen LogP contribution in [0.15, 0.2) is 30.5 Å². The second-order valence-corrected chi connectivity index (χ2v) is 6.20. The van der Waals surface area contributed by atoms with Crippen molar-refractivity contribution < 1.29 is 9.59 Å². The molecule has 23 heavy (non-hydrogen) atoms. The number of aromatic amines is 1. The van der Waals surface area contributed by atoms with Crippen molar-refractivity contribution in [3.63, 3.8) is 0 Å². The zero-order chi connectivity index (χ0) is 16.2. The number of carbonyl (C=O) groups is 2. The summed E-state index contributed by atoms with van der Waals surface area (Å²) in [6, 6.07) is 7.70. The highest BCUT2D eigenvalue weighted by atomic mass is 16.2. The lowest BCUT2D eigenvalue weighted by molar-refractivity contribution is -0.131. The summed E-state index contributed by atoms with van der Waals surface area (Å²) in [6.07, 6.45) is 6.22. The van der Waals surface area contributed by atoms with Crippen molar-refractivity contribution in [1.29, 1.82) is 0 Å². The SMILES string of the molecule is CN(CC(=O)N1CCCCCC1)C(=O)c1c[nH]c2ccccc12. The van der Waals surface area contributed by atoms with E-state index in [1.807, 2.05) is 29.2 Å². The van der Waals surface area contributed by atoms with Gasteiger partial charge in [-0.3, -0.25) is 9.59 Å². The summed E-state index contributed by atoms with van der Waals surface area (Å²) >= 11 is 0. The maximum absolute atomic E-state index is 12.6. The molecule has 1 aromatic carbocycles. The minimum absolute atomic E-state index is 0.0441. The molecule has 1 aliphatic heterocycles. The van der Waals surface area contributed by atoms with Gasteiger partial charge in [0.1, 0.15) is 0 Å². The second kappa shape index (κ2) is 6.86. The van der Waals surface area contributed by atoms with Gasteiger partial charge in [-0.25, -0.2) is 0 Å². The number of likely N-dealkylation sites (tertiary alicyclic amines) is 1. The number of hydrogen-bond acceptors (Lipinski definition) is 2. The molecule has 1 saturated heterocycles. The third kappa shape index (κ3) is 3.38. The zero-order valence-electron chi connectivity index (χ0n) is 13.5. The van der Waals surface area contributed by atoms with Crippen LogP contribution in [-0.2, 0) is 4.79 Å².